The molecule has 2 aromatic carbocycles. The minimum absolute atomic E-state index is 0.389. The summed E-state index contributed by atoms with van der Waals surface area (Å²) in [4.78, 5) is 8.23. The van der Waals surface area contributed by atoms with Crippen molar-refractivity contribution in [1.29, 1.82) is 0 Å². The van der Waals surface area contributed by atoms with E-state index in [1.807, 2.05) is 24.3 Å². The van der Waals surface area contributed by atoms with Crippen LogP contribution >= 0.6 is 11.6 Å². The van der Waals surface area contributed by atoms with Crippen LogP contribution in [0.4, 0.5) is 5.69 Å². The maximum atomic E-state index is 6.09. The molecule has 5 rings (SSSR count). The summed E-state index contributed by atoms with van der Waals surface area (Å²) in [6.07, 6.45) is 2.74. The molecule has 0 spiro atoms. The number of para-hydroxylation sites is 1. The van der Waals surface area contributed by atoms with Gasteiger partial charge in [0.1, 0.15) is 6.61 Å². The quantitative estimate of drug-likeness (QED) is 0.688. The highest BCUT2D eigenvalue weighted by Crippen LogP contribution is 2.40. The summed E-state index contributed by atoms with van der Waals surface area (Å²) >= 11 is 6.09. The minimum Gasteiger partial charge on any atom is -0.482 e. The number of rotatable bonds is 4. The average Bonchev–Trinajstić information content (AvgIpc) is 3.14. The summed E-state index contributed by atoms with van der Waals surface area (Å²) in [5, 5.41) is 2.03. The van der Waals surface area contributed by atoms with E-state index in [1.165, 1.54) is 10.9 Å². The molecule has 0 amide bonds. The summed E-state index contributed by atoms with van der Waals surface area (Å²) in [6, 6.07) is 12.1. The third-order valence-electron chi connectivity index (χ3n) is 5.77. The molecule has 7 heteroatoms. The summed E-state index contributed by atoms with van der Waals surface area (Å²) in [5.74, 6) is 1.56. The molecule has 2 aliphatic heterocycles. The van der Waals surface area contributed by atoms with Crippen molar-refractivity contribution >= 4 is 28.2 Å². The molecule has 1 atom stereocenters. The van der Waals surface area contributed by atoms with Gasteiger partial charge in [0, 0.05) is 54.8 Å². The number of hydrogen-bond acceptors (Lipinski definition) is 5. The normalized spacial score (nSPS) is 19.7. The van der Waals surface area contributed by atoms with Crippen LogP contribution in [0.2, 0.25) is 5.02 Å². The van der Waals surface area contributed by atoms with E-state index in [0.29, 0.717) is 6.61 Å². The maximum absolute atomic E-state index is 6.09. The Bertz CT molecular complexity index is 1010. The van der Waals surface area contributed by atoms with E-state index in [0.717, 1.165) is 66.9 Å². The lowest BCUT2D eigenvalue weighted by Crippen LogP contribution is -2.47. The second kappa shape index (κ2) is 7.78. The van der Waals surface area contributed by atoms with Crippen molar-refractivity contribution in [3.8, 4) is 11.5 Å². The fourth-order valence-corrected chi connectivity index (χ4v) is 4.38. The van der Waals surface area contributed by atoms with Gasteiger partial charge in [-0.15, -0.1) is 0 Å². The number of piperazine rings is 1. The van der Waals surface area contributed by atoms with Crippen LogP contribution in [0.1, 0.15) is 5.56 Å². The van der Waals surface area contributed by atoms with Gasteiger partial charge in [0.2, 0.25) is 0 Å². The standard InChI is InChI=1S/C22H25ClN4O2/c23-16-4-5-17-15(13-25-18(17)12-16)6-7-26-8-10-27(11-9-26)19-2-1-3-20-22(19)28-14-21(24)29-20/h1-5,12-13,21,25H,6-11,14,24H2. The predicted molar refractivity (Wildman–Crippen MR) is 116 cm³/mol. The number of H-pyrrole nitrogens is 1. The Morgan fingerprint density at radius 2 is 2.00 bits per heavy atom. The molecule has 1 aromatic heterocycles. The fourth-order valence-electron chi connectivity index (χ4n) is 4.21. The minimum atomic E-state index is -0.393. The molecule has 29 heavy (non-hydrogen) atoms. The number of nitrogens with two attached hydrogens (primary N) is 1. The summed E-state index contributed by atoms with van der Waals surface area (Å²) in [7, 11) is 0. The van der Waals surface area contributed by atoms with E-state index in [4.69, 9.17) is 26.8 Å². The van der Waals surface area contributed by atoms with E-state index in [2.05, 4.69) is 33.1 Å². The number of hydrogen-bond donors (Lipinski definition) is 2. The van der Waals surface area contributed by atoms with Crippen molar-refractivity contribution in [1.82, 2.24) is 9.88 Å². The first-order chi connectivity index (χ1) is 14.2. The Labute approximate surface area is 175 Å². The topological polar surface area (TPSA) is 66.8 Å². The summed E-state index contributed by atoms with van der Waals surface area (Å²) < 4.78 is 11.6. The SMILES string of the molecule is NC1COc2c(cccc2N2CCN(CCc3c[nH]c4cc(Cl)ccc34)CC2)O1. The molecule has 1 saturated heterocycles. The van der Waals surface area contributed by atoms with Gasteiger partial charge < -0.3 is 19.4 Å². The fraction of sp³-hybridized carbons (Fsp3) is 0.364. The monoisotopic (exact) mass is 412 g/mol. The largest absolute Gasteiger partial charge is 0.482 e. The number of anilines is 1. The van der Waals surface area contributed by atoms with Gasteiger partial charge in [-0.3, -0.25) is 10.6 Å². The number of nitrogens with one attached hydrogen (secondary N) is 1. The highest BCUT2D eigenvalue weighted by Gasteiger charge is 2.25. The van der Waals surface area contributed by atoms with Gasteiger partial charge in [0.15, 0.2) is 17.7 Å². The van der Waals surface area contributed by atoms with Crippen LogP contribution in [0.15, 0.2) is 42.6 Å². The molecule has 0 bridgehead atoms. The van der Waals surface area contributed by atoms with Gasteiger partial charge in [-0.05, 0) is 36.2 Å². The summed E-state index contributed by atoms with van der Waals surface area (Å²) in [6.45, 7) is 5.42. The zero-order valence-electron chi connectivity index (χ0n) is 16.2. The van der Waals surface area contributed by atoms with E-state index in [9.17, 15) is 0 Å². The number of benzene rings is 2. The van der Waals surface area contributed by atoms with Crippen molar-refractivity contribution in [2.45, 2.75) is 12.6 Å². The Hall–Kier alpha value is -2.41. The van der Waals surface area contributed by atoms with Gasteiger partial charge in [-0.1, -0.05) is 23.7 Å². The van der Waals surface area contributed by atoms with E-state index < -0.39 is 6.23 Å². The van der Waals surface area contributed by atoms with Crippen LogP contribution in [0, 0.1) is 0 Å². The Morgan fingerprint density at radius 1 is 1.14 bits per heavy atom. The number of nitrogens with zero attached hydrogens (tertiary/aromatic N) is 2. The van der Waals surface area contributed by atoms with Crippen LogP contribution in [-0.4, -0.2) is 55.4 Å². The maximum Gasteiger partial charge on any atom is 0.184 e. The molecule has 2 aliphatic rings. The van der Waals surface area contributed by atoms with Crippen molar-refractivity contribution < 1.29 is 9.47 Å². The zero-order chi connectivity index (χ0) is 19.8. The molecule has 152 valence electrons. The molecular formula is C22H25ClN4O2. The average molecular weight is 413 g/mol. The Kier molecular flexibility index (Phi) is 4.99. The zero-order valence-corrected chi connectivity index (χ0v) is 17.0. The van der Waals surface area contributed by atoms with Crippen molar-refractivity contribution in [2.24, 2.45) is 5.73 Å². The molecule has 0 radical (unpaired) electrons. The first-order valence-electron chi connectivity index (χ1n) is 10.1. The van der Waals surface area contributed by atoms with Gasteiger partial charge in [0.05, 0.1) is 5.69 Å². The molecular weight excluding hydrogens is 388 g/mol. The van der Waals surface area contributed by atoms with Crippen LogP contribution in [-0.2, 0) is 6.42 Å². The Morgan fingerprint density at radius 3 is 2.86 bits per heavy atom. The van der Waals surface area contributed by atoms with Gasteiger partial charge in [0.25, 0.3) is 0 Å². The third-order valence-corrected chi connectivity index (χ3v) is 6.00. The smallest absolute Gasteiger partial charge is 0.184 e. The number of aromatic amines is 1. The number of ether oxygens (including phenoxy) is 2. The van der Waals surface area contributed by atoms with Crippen molar-refractivity contribution in [3.05, 3.63) is 53.2 Å². The van der Waals surface area contributed by atoms with E-state index >= 15 is 0 Å². The highest BCUT2D eigenvalue weighted by atomic mass is 35.5. The van der Waals surface area contributed by atoms with Gasteiger partial charge >= 0.3 is 0 Å². The summed E-state index contributed by atoms with van der Waals surface area (Å²) in [5.41, 5.74) is 9.39. The first-order valence-corrected chi connectivity index (χ1v) is 10.5. The molecule has 0 aliphatic carbocycles. The second-order valence-corrected chi connectivity index (χ2v) is 8.09. The highest BCUT2D eigenvalue weighted by molar-refractivity contribution is 6.31. The lowest BCUT2D eigenvalue weighted by molar-refractivity contribution is 0.0960. The predicted octanol–water partition coefficient (Wildman–Crippen LogP) is 3.24. The third kappa shape index (κ3) is 3.75. The van der Waals surface area contributed by atoms with Crippen LogP contribution in [0.3, 0.4) is 0 Å². The lowest BCUT2D eigenvalue weighted by Gasteiger charge is -2.37. The molecule has 3 aromatic rings. The molecule has 6 nitrogen and oxygen atoms in total. The molecule has 1 unspecified atom stereocenters. The van der Waals surface area contributed by atoms with Gasteiger partial charge in [-0.2, -0.15) is 0 Å². The number of halogens is 1. The second-order valence-electron chi connectivity index (χ2n) is 7.65. The first kappa shape index (κ1) is 18.6. The van der Waals surface area contributed by atoms with Crippen LogP contribution in [0.25, 0.3) is 10.9 Å². The molecule has 3 N–H and O–H groups in total. The molecule has 3 heterocycles. The Balaban J connectivity index is 1.21. The van der Waals surface area contributed by atoms with Gasteiger partial charge in [-0.25, -0.2) is 0 Å². The number of aromatic nitrogens is 1. The molecule has 0 saturated carbocycles. The van der Waals surface area contributed by atoms with E-state index in [-0.39, 0.29) is 0 Å². The van der Waals surface area contributed by atoms with E-state index in [1.54, 1.807) is 0 Å². The van der Waals surface area contributed by atoms with Crippen LogP contribution in [0.5, 0.6) is 11.5 Å². The number of fused-ring (bicyclic) bond motifs is 2. The lowest BCUT2D eigenvalue weighted by atomic mass is 10.1. The van der Waals surface area contributed by atoms with Crippen molar-refractivity contribution in [3.63, 3.8) is 0 Å². The molecule has 1 fully saturated rings. The van der Waals surface area contributed by atoms with Crippen LogP contribution < -0.4 is 20.1 Å². The van der Waals surface area contributed by atoms with Crippen molar-refractivity contribution in [2.75, 3.05) is 44.2 Å².